The minimum atomic E-state index is -0.162. The molecule has 0 saturated heterocycles. The Bertz CT molecular complexity index is 1610. The lowest BCUT2D eigenvalue weighted by Gasteiger charge is -2.08. The standard InChI is InChI=1S/C22H4N10/c23-5-11-1-15-17(3-13(11)7-25)31-21(19(9-27)29-15)22-20(10-28)30-16-2-12(6-24)14(8-26)4-18(16)32-22/h1-4H. The van der Waals surface area contributed by atoms with Crippen LogP contribution in [-0.4, -0.2) is 19.9 Å². The van der Waals surface area contributed by atoms with E-state index in [1.807, 2.05) is 36.4 Å². The van der Waals surface area contributed by atoms with E-state index in [0.717, 1.165) is 0 Å². The van der Waals surface area contributed by atoms with Crippen LogP contribution in [0.1, 0.15) is 33.6 Å². The van der Waals surface area contributed by atoms with Crippen LogP contribution in [0.3, 0.4) is 0 Å². The van der Waals surface area contributed by atoms with Gasteiger partial charge < -0.3 is 0 Å². The zero-order valence-corrected chi connectivity index (χ0v) is 15.8. The van der Waals surface area contributed by atoms with Crippen LogP contribution in [-0.2, 0) is 0 Å². The molecule has 0 aliphatic rings. The lowest BCUT2D eigenvalue weighted by Crippen LogP contribution is -2.03. The van der Waals surface area contributed by atoms with Crippen molar-refractivity contribution in [2.45, 2.75) is 0 Å². The Morgan fingerprint density at radius 3 is 0.938 bits per heavy atom. The maximum atomic E-state index is 9.61. The van der Waals surface area contributed by atoms with Crippen molar-refractivity contribution >= 4 is 22.1 Å². The minimum Gasteiger partial charge on any atom is -0.241 e. The Hall–Kier alpha value is -5.94. The molecule has 2 heterocycles. The lowest BCUT2D eigenvalue weighted by molar-refractivity contribution is 1.17. The van der Waals surface area contributed by atoms with E-state index in [0.29, 0.717) is 0 Å². The van der Waals surface area contributed by atoms with Crippen LogP contribution >= 0.6 is 0 Å². The Morgan fingerprint density at radius 2 is 0.688 bits per heavy atom. The van der Waals surface area contributed by atoms with Crippen molar-refractivity contribution in [2.24, 2.45) is 0 Å². The molecule has 4 rings (SSSR count). The summed E-state index contributed by atoms with van der Waals surface area (Å²) in [5, 5.41) is 56.2. The molecule has 10 heteroatoms. The summed E-state index contributed by atoms with van der Waals surface area (Å²) in [5.41, 5.74) is 0.821. The van der Waals surface area contributed by atoms with E-state index in [1.54, 1.807) is 0 Å². The monoisotopic (exact) mass is 408 g/mol. The van der Waals surface area contributed by atoms with Crippen LogP contribution in [0.5, 0.6) is 0 Å². The van der Waals surface area contributed by atoms with Crippen molar-refractivity contribution in [3.8, 4) is 47.8 Å². The smallest absolute Gasteiger partial charge is 0.169 e. The molecule has 142 valence electrons. The van der Waals surface area contributed by atoms with E-state index in [1.165, 1.54) is 24.3 Å². The molecule has 4 aromatic rings. The van der Waals surface area contributed by atoms with Crippen molar-refractivity contribution in [3.63, 3.8) is 0 Å². The van der Waals surface area contributed by atoms with Crippen LogP contribution in [0.2, 0.25) is 0 Å². The quantitative estimate of drug-likeness (QED) is 0.451. The third-order valence-electron chi connectivity index (χ3n) is 4.52. The first kappa shape index (κ1) is 19.4. The molecule has 0 aliphatic heterocycles. The summed E-state index contributed by atoms with van der Waals surface area (Å²) in [6.07, 6.45) is 0. The fraction of sp³-hybridized carbons (Fsp3) is 0. The van der Waals surface area contributed by atoms with E-state index in [-0.39, 0.29) is 67.1 Å². The van der Waals surface area contributed by atoms with Crippen LogP contribution in [0, 0.1) is 68.0 Å². The van der Waals surface area contributed by atoms with Gasteiger partial charge in [0, 0.05) is 0 Å². The molecule has 0 spiro atoms. The predicted octanol–water partition coefficient (Wildman–Crippen LogP) is 2.47. The van der Waals surface area contributed by atoms with Gasteiger partial charge in [0.2, 0.25) is 0 Å². The predicted molar refractivity (Wildman–Crippen MR) is 106 cm³/mol. The van der Waals surface area contributed by atoms with Gasteiger partial charge in [0.1, 0.15) is 47.8 Å². The van der Waals surface area contributed by atoms with Crippen LogP contribution in [0.15, 0.2) is 24.3 Å². The second-order valence-corrected chi connectivity index (χ2v) is 6.29. The highest BCUT2D eigenvalue weighted by Gasteiger charge is 2.20. The van der Waals surface area contributed by atoms with E-state index < -0.39 is 0 Å². The first-order chi connectivity index (χ1) is 15.6. The maximum Gasteiger partial charge on any atom is 0.169 e. The number of benzene rings is 2. The van der Waals surface area contributed by atoms with E-state index in [9.17, 15) is 31.6 Å². The second-order valence-electron chi connectivity index (χ2n) is 6.29. The SMILES string of the molecule is N#Cc1cc2nc(C#N)c(-c3nc4cc(C#N)c(C#N)cc4nc3C#N)nc2cc1C#N. The maximum absolute atomic E-state index is 9.61. The molecule has 32 heavy (non-hydrogen) atoms. The van der Waals surface area contributed by atoms with Crippen LogP contribution < -0.4 is 0 Å². The molecule has 0 unspecified atom stereocenters. The zero-order valence-electron chi connectivity index (χ0n) is 15.8. The first-order valence-corrected chi connectivity index (χ1v) is 8.69. The summed E-state index contributed by atoms with van der Waals surface area (Å²) in [6, 6.07) is 16.8. The number of hydrogen-bond donors (Lipinski definition) is 0. The zero-order chi connectivity index (χ0) is 22.8. The number of nitrogens with zero attached hydrogens (tertiary/aromatic N) is 10. The van der Waals surface area contributed by atoms with Crippen molar-refractivity contribution in [1.29, 1.82) is 31.6 Å². The van der Waals surface area contributed by atoms with Crippen molar-refractivity contribution in [2.75, 3.05) is 0 Å². The van der Waals surface area contributed by atoms with Gasteiger partial charge in [0.05, 0.1) is 44.3 Å². The molecule has 0 atom stereocenters. The molecule has 0 aliphatic carbocycles. The molecule has 2 aromatic heterocycles. The fourth-order valence-electron chi connectivity index (χ4n) is 3.06. The summed E-state index contributed by atoms with van der Waals surface area (Å²) >= 11 is 0. The summed E-state index contributed by atoms with van der Waals surface area (Å²) in [4.78, 5) is 17.2. The van der Waals surface area contributed by atoms with Crippen LogP contribution in [0.25, 0.3) is 33.5 Å². The van der Waals surface area contributed by atoms with Gasteiger partial charge in [-0.2, -0.15) is 31.6 Å². The molecular weight excluding hydrogens is 404 g/mol. The van der Waals surface area contributed by atoms with E-state index >= 15 is 0 Å². The molecular formula is C22H4N10. The fourth-order valence-corrected chi connectivity index (χ4v) is 3.06. The lowest BCUT2D eigenvalue weighted by atomic mass is 10.1. The third kappa shape index (κ3) is 2.93. The summed E-state index contributed by atoms with van der Waals surface area (Å²) in [7, 11) is 0. The topological polar surface area (TPSA) is 194 Å². The molecule has 0 amide bonds. The van der Waals surface area contributed by atoms with E-state index in [4.69, 9.17) is 0 Å². The number of aromatic nitrogens is 4. The van der Waals surface area contributed by atoms with Gasteiger partial charge in [-0.15, -0.1) is 0 Å². The van der Waals surface area contributed by atoms with Gasteiger partial charge in [-0.3, -0.25) is 0 Å². The van der Waals surface area contributed by atoms with Gasteiger partial charge in [0.15, 0.2) is 11.4 Å². The van der Waals surface area contributed by atoms with Gasteiger partial charge in [0.25, 0.3) is 0 Å². The molecule has 10 nitrogen and oxygen atoms in total. The van der Waals surface area contributed by atoms with Gasteiger partial charge in [-0.1, -0.05) is 0 Å². The average Bonchev–Trinajstić information content (AvgIpc) is 2.84. The van der Waals surface area contributed by atoms with Crippen molar-refractivity contribution in [1.82, 2.24) is 19.9 Å². The van der Waals surface area contributed by atoms with Gasteiger partial charge in [-0.25, -0.2) is 19.9 Å². The molecule has 2 aromatic carbocycles. The van der Waals surface area contributed by atoms with E-state index in [2.05, 4.69) is 19.9 Å². The summed E-state index contributed by atoms with van der Waals surface area (Å²) in [6.45, 7) is 0. The summed E-state index contributed by atoms with van der Waals surface area (Å²) in [5.74, 6) is 0. The van der Waals surface area contributed by atoms with Gasteiger partial charge in [-0.05, 0) is 24.3 Å². The largest absolute Gasteiger partial charge is 0.241 e. The normalized spacial score (nSPS) is 9.69. The first-order valence-electron chi connectivity index (χ1n) is 8.69. The highest BCUT2D eigenvalue weighted by molar-refractivity contribution is 5.86. The van der Waals surface area contributed by atoms with Crippen LogP contribution in [0.4, 0.5) is 0 Å². The molecule has 0 radical (unpaired) electrons. The number of fused-ring (bicyclic) bond motifs is 2. The molecule has 0 fully saturated rings. The number of hydrogen-bond acceptors (Lipinski definition) is 10. The molecule has 0 saturated carbocycles. The van der Waals surface area contributed by atoms with Crippen molar-refractivity contribution < 1.29 is 0 Å². The molecule has 0 N–H and O–H groups in total. The Kier molecular flexibility index (Phi) is 4.53. The van der Waals surface area contributed by atoms with Crippen molar-refractivity contribution in [3.05, 3.63) is 57.9 Å². The Balaban J connectivity index is 2.08. The third-order valence-corrected chi connectivity index (χ3v) is 4.52. The highest BCUT2D eigenvalue weighted by atomic mass is 14.9. The molecule has 0 bridgehead atoms. The number of rotatable bonds is 1. The second kappa shape index (κ2) is 7.47. The average molecular weight is 408 g/mol. The number of nitriles is 6. The van der Waals surface area contributed by atoms with Gasteiger partial charge >= 0.3 is 0 Å². The highest BCUT2D eigenvalue weighted by Crippen LogP contribution is 2.28. The Labute approximate surface area is 179 Å². The Morgan fingerprint density at radius 1 is 0.406 bits per heavy atom. The minimum absolute atomic E-state index is 0.0394. The summed E-state index contributed by atoms with van der Waals surface area (Å²) < 4.78 is 0.